The van der Waals surface area contributed by atoms with Gasteiger partial charge in [-0.1, -0.05) is 128 Å². The van der Waals surface area contributed by atoms with E-state index in [2.05, 4.69) is 148 Å². The zero-order valence-corrected chi connectivity index (χ0v) is 86.0. The van der Waals surface area contributed by atoms with Crippen molar-refractivity contribution in [2.45, 2.75) is 99.2 Å². The molecule has 0 bridgehead atoms. The first kappa shape index (κ1) is 104. The highest BCUT2D eigenvalue weighted by molar-refractivity contribution is 5.86. The molecule has 2 amide bonds. The minimum Gasteiger partial charge on any atom is -0.348 e. The predicted molar refractivity (Wildman–Crippen MR) is 586 cm³/mol. The third kappa shape index (κ3) is 25.6. The van der Waals surface area contributed by atoms with Crippen LogP contribution >= 0.6 is 0 Å². The van der Waals surface area contributed by atoms with Crippen LogP contribution in [0.2, 0.25) is 0 Å². The van der Waals surface area contributed by atoms with Crippen molar-refractivity contribution in [1.82, 2.24) is 102 Å². The highest BCUT2D eigenvalue weighted by Crippen LogP contribution is 2.40. The van der Waals surface area contributed by atoms with Crippen LogP contribution in [0.3, 0.4) is 0 Å². The van der Waals surface area contributed by atoms with Crippen molar-refractivity contribution in [2.24, 2.45) is 0 Å². The highest BCUT2D eigenvalue weighted by Gasteiger charge is 2.27. The van der Waals surface area contributed by atoms with E-state index in [0.717, 1.165) is 142 Å². The average Bonchev–Trinajstić information content (AvgIpc) is 1.64. The lowest BCUT2D eigenvalue weighted by Crippen LogP contribution is -2.38. The van der Waals surface area contributed by atoms with E-state index in [1.165, 1.54) is 54.1 Å². The van der Waals surface area contributed by atoms with Crippen LogP contribution in [0.25, 0.3) is 113 Å². The Bertz CT molecular complexity index is 7980. The van der Waals surface area contributed by atoms with Gasteiger partial charge in [0.05, 0.1) is 106 Å². The molecular formula is C119H119F4N25O2. The maximum absolute atomic E-state index is 13.8. The predicted octanol–water partition coefficient (Wildman–Crippen LogP) is 23.7. The molecule has 31 heteroatoms. The standard InChI is InChI=1S/C33H36FN7O.C31H32FN7O.C29H29FN6.C26H22FN5/c1-5-40(6-2)30(42)22-39(4)21-24-17-19-41-29(20-24)38-31(26-12-14-27(34)15-13-26)32(41)28-16-18-35-33(37-28)36-23(3)25-10-8-7-9-11-25;1-21(23-8-6-5-7-9-23)34-31-33-16-14-26(35-31)30-29(24-10-12-25(32)13-11-24)36-27-18-22(15-17-39(27)30)19-38(4)20-28(40)37(2)3;1-4-35(3)19-21-15-17-36-26(18-21)34-27(23-10-12-24(30)13-11-23)28(36)25-14-16-31-29(33-25)32-20(2)22-8-6-5-7-9-22;1-17-13-15-32-23(16-17)31-24(20-8-10-21(27)11-9-20)25(32)22-12-14-28-26(30-22)29-18(2)19-6-4-3-5-7-19/h7-20,23H,5-6,21-22H2,1-4H3,(H,35,36,37);5-18,21H,19-20H2,1-4H3,(H,33,34,35);5-18,20H,4,19H2,1-3H3,(H,31,32,33);3-16,18H,1-2H3,(H,28,29,30)/t23-;21-;20-;18-/m0000/s1. The van der Waals surface area contributed by atoms with E-state index >= 15 is 0 Å². The molecule has 0 unspecified atom stereocenters. The van der Waals surface area contributed by atoms with Crippen molar-refractivity contribution in [2.75, 3.05) is 89.2 Å². The summed E-state index contributed by atoms with van der Waals surface area (Å²) >= 11 is 0. The molecule has 20 rings (SSSR count). The maximum Gasteiger partial charge on any atom is 0.236 e. The largest absolute Gasteiger partial charge is 0.348 e. The van der Waals surface area contributed by atoms with Crippen LogP contribution in [0.15, 0.2) is 341 Å². The Balaban J connectivity index is 0.000000137. The summed E-state index contributed by atoms with van der Waals surface area (Å²) in [6, 6.07) is 89.9. The van der Waals surface area contributed by atoms with Crippen LogP contribution in [-0.4, -0.2) is 182 Å². The van der Waals surface area contributed by atoms with Crippen molar-refractivity contribution in [3.8, 4) is 90.6 Å². The normalized spacial score (nSPS) is 12.1. The molecule has 27 nitrogen and oxygen atoms in total. The van der Waals surface area contributed by atoms with Gasteiger partial charge in [-0.25, -0.2) is 77.4 Å². The van der Waals surface area contributed by atoms with Gasteiger partial charge in [0.25, 0.3) is 0 Å². The Morgan fingerprint density at radius 1 is 0.300 bits per heavy atom. The van der Waals surface area contributed by atoms with Crippen LogP contribution < -0.4 is 21.3 Å². The minimum absolute atomic E-state index is 0.00775. The number of halogens is 4. The van der Waals surface area contributed by atoms with E-state index in [1.54, 1.807) is 92.3 Å². The number of amides is 2. The number of nitrogens with one attached hydrogen (secondary N) is 4. The molecule has 0 spiro atoms. The van der Waals surface area contributed by atoms with Crippen LogP contribution in [0.5, 0.6) is 0 Å². The van der Waals surface area contributed by atoms with Gasteiger partial charge in [0.2, 0.25) is 35.6 Å². The molecule has 4 N–H and O–H groups in total. The summed E-state index contributed by atoms with van der Waals surface area (Å²) in [5.41, 5.74) is 24.2. The molecule has 20 aromatic rings. The molecule has 12 aromatic heterocycles. The fourth-order valence-corrected chi connectivity index (χ4v) is 17.7. The van der Waals surface area contributed by atoms with Gasteiger partial charge in [-0.2, -0.15) is 0 Å². The van der Waals surface area contributed by atoms with Gasteiger partial charge in [-0.05, 0) is 291 Å². The number of pyridine rings is 4. The second kappa shape index (κ2) is 48.3. The summed E-state index contributed by atoms with van der Waals surface area (Å²) in [5.74, 6) is 1.04. The zero-order valence-electron chi connectivity index (χ0n) is 86.0. The van der Waals surface area contributed by atoms with Gasteiger partial charge in [0.1, 0.15) is 45.9 Å². The Labute approximate surface area is 869 Å². The van der Waals surface area contributed by atoms with E-state index < -0.39 is 0 Å². The molecule has 0 aliphatic rings. The lowest BCUT2D eigenvalue weighted by molar-refractivity contribution is -0.132. The molecule has 4 atom stereocenters. The number of imidazole rings is 4. The number of aromatic nitrogens is 16. The number of hydrogen-bond donors (Lipinski definition) is 4. The van der Waals surface area contributed by atoms with Gasteiger partial charge in [-0.3, -0.25) is 37.0 Å². The van der Waals surface area contributed by atoms with Crippen LogP contribution in [0.1, 0.15) is 117 Å². The molecule has 150 heavy (non-hydrogen) atoms. The first-order valence-corrected chi connectivity index (χ1v) is 49.9. The first-order valence-electron chi connectivity index (χ1n) is 49.9. The number of aryl methyl sites for hydroxylation is 1. The lowest BCUT2D eigenvalue weighted by atomic mass is 10.1. The van der Waals surface area contributed by atoms with Gasteiger partial charge >= 0.3 is 0 Å². The number of likely N-dealkylation sites (N-methyl/N-ethyl adjacent to an activating group) is 4. The summed E-state index contributed by atoms with van der Waals surface area (Å²) in [6.07, 6.45) is 14.9. The van der Waals surface area contributed by atoms with E-state index in [9.17, 15) is 27.2 Å². The molecule has 0 saturated carbocycles. The third-order valence-electron chi connectivity index (χ3n) is 25.8. The Kier molecular flexibility index (Phi) is 33.5. The second-order valence-corrected chi connectivity index (χ2v) is 37.2. The number of anilines is 4. The average molecular weight is 2010 g/mol. The molecule has 12 heterocycles. The monoisotopic (exact) mass is 2010 g/mol. The van der Waals surface area contributed by atoms with Crippen LogP contribution in [0, 0.1) is 30.2 Å². The van der Waals surface area contributed by atoms with Gasteiger partial charge < -0.3 is 36.0 Å². The fraction of sp³-hybridized carbons (Fsp3) is 0.210. The number of fused-ring (bicyclic) bond motifs is 4. The van der Waals surface area contributed by atoms with Gasteiger partial charge in [-0.15, -0.1) is 0 Å². The number of carbonyl (C=O) groups excluding carboxylic acids is 2. The topological polar surface area (TPSA) is 271 Å². The summed E-state index contributed by atoms with van der Waals surface area (Å²) in [5, 5.41) is 13.6. The smallest absolute Gasteiger partial charge is 0.236 e. The zero-order chi connectivity index (χ0) is 105. The molecular weight excluding hydrogens is 1890 g/mol. The Morgan fingerprint density at radius 3 is 0.813 bits per heavy atom. The first-order chi connectivity index (χ1) is 72.7. The van der Waals surface area contributed by atoms with E-state index in [-0.39, 0.29) is 59.3 Å². The Morgan fingerprint density at radius 2 is 0.553 bits per heavy atom. The number of rotatable bonds is 33. The quantitative estimate of drug-likeness (QED) is 0.0278. The van der Waals surface area contributed by atoms with Crippen molar-refractivity contribution in [1.29, 1.82) is 0 Å². The molecule has 0 saturated heterocycles. The summed E-state index contributed by atoms with van der Waals surface area (Å²) in [6.45, 7) is 21.5. The van der Waals surface area contributed by atoms with E-state index in [4.69, 9.17) is 39.9 Å². The van der Waals surface area contributed by atoms with E-state index in [0.29, 0.717) is 85.8 Å². The number of hydrogen-bond acceptors (Lipinski definition) is 21. The van der Waals surface area contributed by atoms with Crippen molar-refractivity contribution < 1.29 is 27.2 Å². The second-order valence-electron chi connectivity index (χ2n) is 37.2. The maximum atomic E-state index is 13.8. The molecule has 0 radical (unpaired) electrons. The van der Waals surface area contributed by atoms with Crippen molar-refractivity contribution >= 4 is 58.2 Å². The van der Waals surface area contributed by atoms with Gasteiger partial charge in [0.15, 0.2) is 0 Å². The Hall–Kier alpha value is -17.4. The van der Waals surface area contributed by atoms with Gasteiger partial charge in [0, 0.05) is 119 Å². The molecule has 8 aromatic carbocycles. The summed E-state index contributed by atoms with van der Waals surface area (Å²) < 4.78 is 62.9. The molecule has 0 fully saturated rings. The van der Waals surface area contributed by atoms with Crippen LogP contribution in [0.4, 0.5) is 41.4 Å². The molecule has 760 valence electrons. The lowest BCUT2D eigenvalue weighted by Gasteiger charge is -2.23. The molecule has 0 aliphatic carbocycles. The van der Waals surface area contributed by atoms with E-state index in [1.807, 2.05) is 225 Å². The molecule has 0 aliphatic heterocycles. The number of benzene rings is 8. The third-order valence-corrected chi connectivity index (χ3v) is 25.8. The van der Waals surface area contributed by atoms with Crippen LogP contribution in [-0.2, 0) is 29.2 Å². The SMILES string of the molecule is CCN(C)Cc1ccn2c(-c3ccnc(N[C@@H](C)c4ccccc4)n3)c(-c3ccc(F)cc3)nc2c1.CCN(CC)C(=O)CN(C)Cc1ccn2c(-c3ccnc(N[C@@H](C)c4ccccc4)n3)c(-c3ccc(F)cc3)nc2c1.C[C@H](Nc1nccc(-c2c(-c3ccc(F)cc3)nc3cc(CN(C)CC(=O)N(C)C)ccn23)n1)c1ccccc1.Cc1ccn2c(-c3ccnc(N[C@@H](C)c4ccccc4)n3)c(-c3ccc(F)cc3)nc2c1. The minimum atomic E-state index is -0.310. The summed E-state index contributed by atoms with van der Waals surface area (Å²) in [7, 11) is 9.46. The van der Waals surface area contributed by atoms with Crippen molar-refractivity contribution in [3.05, 3.63) is 409 Å². The van der Waals surface area contributed by atoms with Crippen molar-refractivity contribution in [3.63, 3.8) is 0 Å². The highest BCUT2D eigenvalue weighted by atomic mass is 19.1. The fourth-order valence-electron chi connectivity index (χ4n) is 17.7. The number of nitrogens with zero attached hydrogens (tertiary/aromatic N) is 21. The summed E-state index contributed by atoms with van der Waals surface area (Å²) in [4.78, 5) is 91.3. The number of carbonyl (C=O) groups is 2.